The first-order chi connectivity index (χ1) is 11.2. The third-order valence-corrected chi connectivity index (χ3v) is 4.09. The van der Waals surface area contributed by atoms with E-state index in [0.29, 0.717) is 26.1 Å². The number of nitrogens with zero attached hydrogens (tertiary/aromatic N) is 3. The first-order valence-electron chi connectivity index (χ1n) is 8.18. The Labute approximate surface area is 150 Å². The van der Waals surface area contributed by atoms with E-state index in [1.807, 2.05) is 27.0 Å². The van der Waals surface area contributed by atoms with Crippen LogP contribution < -0.4 is 5.32 Å². The van der Waals surface area contributed by atoms with Gasteiger partial charge in [0.15, 0.2) is 0 Å². The van der Waals surface area contributed by atoms with Crippen molar-refractivity contribution in [2.75, 3.05) is 13.1 Å². The highest BCUT2D eigenvalue weighted by Crippen LogP contribution is 2.15. The van der Waals surface area contributed by atoms with Gasteiger partial charge < -0.3 is 15.0 Å². The quantitative estimate of drug-likeness (QED) is 0.842. The van der Waals surface area contributed by atoms with Crippen LogP contribution >= 0.6 is 15.9 Å². The predicted molar refractivity (Wildman–Crippen MR) is 93.5 cm³/mol. The van der Waals surface area contributed by atoms with Gasteiger partial charge in [0.2, 0.25) is 5.91 Å². The molecule has 0 atom stereocenters. The minimum absolute atomic E-state index is 0.0114. The number of likely N-dealkylation sites (tertiary alicyclic amines) is 1. The second kappa shape index (κ2) is 8.00. The van der Waals surface area contributed by atoms with Crippen LogP contribution in [-0.2, 0) is 16.1 Å². The lowest BCUT2D eigenvalue weighted by atomic mass is 10.1. The SMILES string of the molecule is CC(C)(C)OC(=O)N1CCC(NC(=O)CCn2cc(Br)cn2)CC1. The van der Waals surface area contributed by atoms with Crippen molar-refractivity contribution >= 4 is 27.9 Å². The van der Waals surface area contributed by atoms with Crippen molar-refractivity contribution in [1.82, 2.24) is 20.0 Å². The molecule has 1 aromatic rings. The summed E-state index contributed by atoms with van der Waals surface area (Å²) in [5.74, 6) is 0.0114. The summed E-state index contributed by atoms with van der Waals surface area (Å²) in [6.45, 7) is 7.33. The number of amides is 2. The van der Waals surface area contributed by atoms with Crippen molar-refractivity contribution in [2.45, 2.75) is 58.2 Å². The molecule has 1 aliphatic heterocycles. The maximum atomic E-state index is 12.0. The molecule has 1 aromatic heterocycles. The Morgan fingerprint density at radius 2 is 2.04 bits per heavy atom. The molecule has 2 amide bonds. The van der Waals surface area contributed by atoms with Gasteiger partial charge in [-0.3, -0.25) is 9.48 Å². The van der Waals surface area contributed by atoms with Crippen LogP contribution in [0.2, 0.25) is 0 Å². The van der Waals surface area contributed by atoms with Crippen LogP contribution in [0.25, 0.3) is 0 Å². The van der Waals surface area contributed by atoms with Gasteiger partial charge in [-0.05, 0) is 49.5 Å². The summed E-state index contributed by atoms with van der Waals surface area (Å²) in [7, 11) is 0. The maximum absolute atomic E-state index is 12.0. The van der Waals surface area contributed by atoms with E-state index in [0.717, 1.165) is 17.3 Å². The summed E-state index contributed by atoms with van der Waals surface area (Å²) >= 11 is 3.33. The number of nitrogens with one attached hydrogen (secondary N) is 1. The van der Waals surface area contributed by atoms with E-state index in [1.165, 1.54) is 0 Å². The Kier molecular flexibility index (Phi) is 6.26. The smallest absolute Gasteiger partial charge is 0.410 e. The topological polar surface area (TPSA) is 76.5 Å². The van der Waals surface area contributed by atoms with Crippen molar-refractivity contribution in [3.8, 4) is 0 Å². The fourth-order valence-electron chi connectivity index (χ4n) is 2.51. The monoisotopic (exact) mass is 400 g/mol. The van der Waals surface area contributed by atoms with Crippen LogP contribution in [0.4, 0.5) is 4.79 Å². The molecular weight excluding hydrogens is 376 g/mol. The number of aromatic nitrogens is 2. The van der Waals surface area contributed by atoms with Crippen LogP contribution in [0.5, 0.6) is 0 Å². The fraction of sp³-hybridized carbons (Fsp3) is 0.688. The van der Waals surface area contributed by atoms with Crippen molar-refractivity contribution in [1.29, 1.82) is 0 Å². The lowest BCUT2D eigenvalue weighted by Gasteiger charge is -2.33. The summed E-state index contributed by atoms with van der Waals surface area (Å²) in [6.07, 6.45) is 5.14. The summed E-state index contributed by atoms with van der Waals surface area (Å²) < 4.78 is 8.00. The Morgan fingerprint density at radius 3 is 2.58 bits per heavy atom. The first-order valence-corrected chi connectivity index (χ1v) is 8.97. The molecule has 0 spiro atoms. The summed E-state index contributed by atoms with van der Waals surface area (Å²) in [6, 6.07) is 0.112. The molecule has 2 heterocycles. The van der Waals surface area contributed by atoms with Gasteiger partial charge in [0, 0.05) is 38.3 Å². The van der Waals surface area contributed by atoms with Gasteiger partial charge in [-0.1, -0.05) is 0 Å². The second-order valence-electron chi connectivity index (χ2n) is 6.98. The molecule has 0 bridgehead atoms. The molecule has 8 heteroatoms. The Hall–Kier alpha value is -1.57. The van der Waals surface area contributed by atoms with Crippen molar-refractivity contribution < 1.29 is 14.3 Å². The van der Waals surface area contributed by atoms with Crippen LogP contribution in [0.15, 0.2) is 16.9 Å². The number of ether oxygens (including phenoxy) is 1. The van der Waals surface area contributed by atoms with Gasteiger partial charge in [0.1, 0.15) is 5.60 Å². The molecule has 1 aliphatic rings. The zero-order chi connectivity index (χ0) is 17.7. The summed E-state index contributed by atoms with van der Waals surface area (Å²) in [5.41, 5.74) is -0.482. The number of rotatable bonds is 4. The second-order valence-corrected chi connectivity index (χ2v) is 7.90. The lowest BCUT2D eigenvalue weighted by molar-refractivity contribution is -0.122. The van der Waals surface area contributed by atoms with Crippen molar-refractivity contribution in [3.05, 3.63) is 16.9 Å². The normalized spacial score (nSPS) is 16.1. The third-order valence-electron chi connectivity index (χ3n) is 3.68. The predicted octanol–water partition coefficient (Wildman–Crippen LogP) is 2.55. The van der Waals surface area contributed by atoms with Gasteiger partial charge in [-0.2, -0.15) is 5.10 Å². The molecule has 0 unspecified atom stereocenters. The number of hydrogen-bond donors (Lipinski definition) is 1. The fourth-order valence-corrected chi connectivity index (χ4v) is 2.84. The van der Waals surface area contributed by atoms with E-state index in [4.69, 9.17) is 4.74 Å². The van der Waals surface area contributed by atoms with Gasteiger partial charge in [0.25, 0.3) is 0 Å². The van der Waals surface area contributed by atoms with Gasteiger partial charge in [0.05, 0.1) is 10.7 Å². The number of aryl methyl sites for hydroxylation is 1. The minimum atomic E-state index is -0.482. The minimum Gasteiger partial charge on any atom is -0.444 e. The standard InChI is InChI=1S/C16H25BrN4O3/c1-16(2,3)24-15(23)20-7-4-13(5-8-20)19-14(22)6-9-21-11-12(17)10-18-21/h10-11,13H,4-9H2,1-3H3,(H,19,22). The Balaban J connectivity index is 1.68. The van der Waals surface area contributed by atoms with E-state index in [2.05, 4.69) is 26.3 Å². The molecule has 7 nitrogen and oxygen atoms in total. The molecule has 0 radical (unpaired) electrons. The number of carbonyl (C=O) groups is 2. The molecule has 1 N–H and O–H groups in total. The van der Waals surface area contributed by atoms with Crippen molar-refractivity contribution in [2.24, 2.45) is 0 Å². The number of carbonyl (C=O) groups excluding carboxylic acids is 2. The summed E-state index contributed by atoms with van der Waals surface area (Å²) in [5, 5.41) is 7.16. The van der Waals surface area contributed by atoms with E-state index in [-0.39, 0.29) is 18.0 Å². The van der Waals surface area contributed by atoms with Crippen LogP contribution in [0.1, 0.15) is 40.0 Å². The first kappa shape index (κ1) is 18.8. The Morgan fingerprint density at radius 1 is 1.38 bits per heavy atom. The molecule has 24 heavy (non-hydrogen) atoms. The zero-order valence-corrected chi connectivity index (χ0v) is 16.0. The Bertz CT molecular complexity index is 574. The molecule has 0 aromatic carbocycles. The molecule has 0 saturated carbocycles. The van der Waals surface area contributed by atoms with Crippen molar-refractivity contribution in [3.63, 3.8) is 0 Å². The summed E-state index contributed by atoms with van der Waals surface area (Å²) in [4.78, 5) is 25.7. The largest absolute Gasteiger partial charge is 0.444 e. The van der Waals surface area contributed by atoms with Crippen LogP contribution in [0.3, 0.4) is 0 Å². The molecule has 1 saturated heterocycles. The lowest BCUT2D eigenvalue weighted by Crippen LogP contribution is -2.47. The highest BCUT2D eigenvalue weighted by atomic mass is 79.9. The highest BCUT2D eigenvalue weighted by molar-refractivity contribution is 9.10. The molecule has 0 aliphatic carbocycles. The number of hydrogen-bond acceptors (Lipinski definition) is 4. The molecule has 134 valence electrons. The van der Waals surface area contributed by atoms with Gasteiger partial charge >= 0.3 is 6.09 Å². The number of piperidine rings is 1. The van der Waals surface area contributed by atoms with E-state index in [1.54, 1.807) is 15.8 Å². The number of halogens is 1. The highest BCUT2D eigenvalue weighted by Gasteiger charge is 2.27. The van der Waals surface area contributed by atoms with Crippen LogP contribution in [0, 0.1) is 0 Å². The molecule has 1 fully saturated rings. The molecular formula is C16H25BrN4O3. The van der Waals surface area contributed by atoms with E-state index >= 15 is 0 Å². The van der Waals surface area contributed by atoms with E-state index < -0.39 is 5.60 Å². The average Bonchev–Trinajstić information content (AvgIpc) is 2.90. The third kappa shape index (κ3) is 6.14. The molecule has 2 rings (SSSR count). The average molecular weight is 401 g/mol. The van der Waals surface area contributed by atoms with Gasteiger partial charge in [-0.15, -0.1) is 0 Å². The zero-order valence-electron chi connectivity index (χ0n) is 14.4. The van der Waals surface area contributed by atoms with E-state index in [9.17, 15) is 9.59 Å². The maximum Gasteiger partial charge on any atom is 0.410 e. The van der Waals surface area contributed by atoms with Crippen LogP contribution in [-0.4, -0.2) is 51.4 Å². The van der Waals surface area contributed by atoms with Gasteiger partial charge in [-0.25, -0.2) is 4.79 Å².